The molecule has 4 heteroatoms. The van der Waals surface area contributed by atoms with Gasteiger partial charge < -0.3 is 15.4 Å². The number of nitrogens with two attached hydrogens (primary N) is 1. The number of para-hydroxylation sites is 1. The van der Waals surface area contributed by atoms with Crippen LogP contribution in [0.2, 0.25) is 0 Å². The third-order valence-corrected chi connectivity index (χ3v) is 4.48. The quantitative estimate of drug-likeness (QED) is 0.930. The Morgan fingerprint density at radius 1 is 1.12 bits per heavy atom. The molecule has 4 nitrogen and oxygen atoms in total. The zero-order valence-corrected chi connectivity index (χ0v) is 14.0. The Morgan fingerprint density at radius 2 is 1.88 bits per heavy atom. The first kappa shape index (κ1) is 16.5. The van der Waals surface area contributed by atoms with Crippen LogP contribution in [0.25, 0.3) is 0 Å². The van der Waals surface area contributed by atoms with Gasteiger partial charge in [-0.3, -0.25) is 4.79 Å². The summed E-state index contributed by atoms with van der Waals surface area (Å²) in [4.78, 5) is 14.9. The zero-order chi connectivity index (χ0) is 16.9. The summed E-state index contributed by atoms with van der Waals surface area (Å²) in [5, 5.41) is 0. The van der Waals surface area contributed by atoms with Gasteiger partial charge in [-0.25, -0.2) is 0 Å². The Morgan fingerprint density at radius 3 is 2.62 bits per heavy atom. The van der Waals surface area contributed by atoms with E-state index in [9.17, 15) is 4.79 Å². The van der Waals surface area contributed by atoms with Crippen molar-refractivity contribution in [1.82, 2.24) is 4.90 Å². The minimum atomic E-state index is -0.0157. The van der Waals surface area contributed by atoms with Gasteiger partial charge in [-0.05, 0) is 56.5 Å². The molecule has 0 saturated carbocycles. The second-order valence-electron chi connectivity index (χ2n) is 6.36. The fourth-order valence-corrected chi connectivity index (χ4v) is 3.24. The molecule has 3 rings (SSSR count). The molecular formula is C20H24N2O2. The molecule has 2 unspecified atom stereocenters. The van der Waals surface area contributed by atoms with Crippen molar-refractivity contribution in [3.8, 4) is 11.5 Å². The third kappa shape index (κ3) is 3.77. The van der Waals surface area contributed by atoms with Gasteiger partial charge in [0.1, 0.15) is 11.5 Å². The highest BCUT2D eigenvalue weighted by Crippen LogP contribution is 2.25. The fraction of sp³-hybridized carbons (Fsp3) is 0.350. The lowest BCUT2D eigenvalue weighted by Gasteiger charge is -2.38. The van der Waals surface area contributed by atoms with E-state index < -0.39 is 0 Å². The van der Waals surface area contributed by atoms with E-state index in [1.54, 1.807) is 0 Å². The highest BCUT2D eigenvalue weighted by Gasteiger charge is 2.29. The second kappa shape index (κ2) is 7.49. The van der Waals surface area contributed by atoms with Crippen LogP contribution in [0.5, 0.6) is 11.5 Å². The van der Waals surface area contributed by atoms with Gasteiger partial charge in [0.25, 0.3) is 5.91 Å². The number of carbonyl (C=O) groups is 1. The molecule has 1 fully saturated rings. The molecule has 0 bridgehead atoms. The van der Waals surface area contributed by atoms with E-state index in [2.05, 4.69) is 0 Å². The largest absolute Gasteiger partial charge is 0.457 e. The van der Waals surface area contributed by atoms with Crippen molar-refractivity contribution in [2.45, 2.75) is 38.3 Å². The average molecular weight is 324 g/mol. The first-order chi connectivity index (χ1) is 11.6. The molecular weight excluding hydrogens is 300 g/mol. The number of carbonyl (C=O) groups excluding carboxylic acids is 1. The Hall–Kier alpha value is -2.33. The van der Waals surface area contributed by atoms with E-state index in [1.165, 1.54) is 0 Å². The van der Waals surface area contributed by atoms with Gasteiger partial charge in [0, 0.05) is 24.2 Å². The summed E-state index contributed by atoms with van der Waals surface area (Å²) in [6.07, 6.45) is 3.14. The molecule has 24 heavy (non-hydrogen) atoms. The Kier molecular flexibility index (Phi) is 5.16. The molecule has 1 aliphatic heterocycles. The minimum Gasteiger partial charge on any atom is -0.457 e. The van der Waals surface area contributed by atoms with Crippen molar-refractivity contribution >= 4 is 5.91 Å². The number of hydrogen-bond donors (Lipinski definition) is 1. The van der Waals surface area contributed by atoms with E-state index in [1.807, 2.05) is 66.4 Å². The van der Waals surface area contributed by atoms with Crippen LogP contribution in [0.3, 0.4) is 0 Å². The molecule has 2 aromatic rings. The summed E-state index contributed by atoms with van der Waals surface area (Å²) >= 11 is 0. The number of nitrogens with zero attached hydrogens (tertiary/aromatic N) is 1. The Labute approximate surface area is 143 Å². The zero-order valence-electron chi connectivity index (χ0n) is 14.0. The normalized spacial score (nSPS) is 18.9. The fourth-order valence-electron chi connectivity index (χ4n) is 3.24. The SMILES string of the molecule is CC(N)C1CCCCN1C(=O)c1cccc(Oc2ccccc2)c1. The summed E-state index contributed by atoms with van der Waals surface area (Å²) in [5.41, 5.74) is 6.74. The molecule has 0 aliphatic carbocycles. The minimum absolute atomic E-state index is 0.0157. The van der Waals surface area contributed by atoms with Gasteiger partial charge in [-0.2, -0.15) is 0 Å². The molecule has 0 radical (unpaired) electrons. The molecule has 0 spiro atoms. The first-order valence-corrected chi connectivity index (χ1v) is 8.54. The summed E-state index contributed by atoms with van der Waals surface area (Å²) in [7, 11) is 0. The monoisotopic (exact) mass is 324 g/mol. The van der Waals surface area contributed by atoms with Gasteiger partial charge in [0.15, 0.2) is 0 Å². The Bertz CT molecular complexity index is 685. The number of amides is 1. The van der Waals surface area contributed by atoms with Crippen LogP contribution in [-0.4, -0.2) is 29.4 Å². The van der Waals surface area contributed by atoms with Crippen molar-refractivity contribution in [2.24, 2.45) is 5.73 Å². The number of likely N-dealkylation sites (tertiary alicyclic amines) is 1. The van der Waals surface area contributed by atoms with Crippen LogP contribution in [-0.2, 0) is 0 Å². The van der Waals surface area contributed by atoms with Crippen LogP contribution in [0, 0.1) is 0 Å². The third-order valence-electron chi connectivity index (χ3n) is 4.48. The molecule has 2 N–H and O–H groups in total. The topological polar surface area (TPSA) is 55.6 Å². The molecule has 1 saturated heterocycles. The Balaban J connectivity index is 1.78. The van der Waals surface area contributed by atoms with E-state index >= 15 is 0 Å². The van der Waals surface area contributed by atoms with Gasteiger partial charge >= 0.3 is 0 Å². The van der Waals surface area contributed by atoms with Crippen LogP contribution >= 0.6 is 0 Å². The summed E-state index contributed by atoms with van der Waals surface area (Å²) in [6.45, 7) is 2.75. The number of rotatable bonds is 4. The van der Waals surface area contributed by atoms with E-state index in [-0.39, 0.29) is 18.0 Å². The van der Waals surface area contributed by atoms with Crippen molar-refractivity contribution in [3.63, 3.8) is 0 Å². The maximum Gasteiger partial charge on any atom is 0.254 e. The van der Waals surface area contributed by atoms with Gasteiger partial charge in [0.2, 0.25) is 0 Å². The molecule has 0 aromatic heterocycles. The van der Waals surface area contributed by atoms with Gasteiger partial charge in [-0.1, -0.05) is 24.3 Å². The maximum atomic E-state index is 12.9. The lowest BCUT2D eigenvalue weighted by Crippen LogP contribution is -2.51. The van der Waals surface area contributed by atoms with Gasteiger partial charge in [0.05, 0.1) is 0 Å². The van der Waals surface area contributed by atoms with Crippen molar-refractivity contribution in [1.29, 1.82) is 0 Å². The summed E-state index contributed by atoms with van der Waals surface area (Å²) in [6, 6.07) is 17.0. The number of hydrogen-bond acceptors (Lipinski definition) is 3. The second-order valence-corrected chi connectivity index (χ2v) is 6.36. The van der Waals surface area contributed by atoms with Crippen LogP contribution in [0.1, 0.15) is 36.5 Å². The van der Waals surface area contributed by atoms with E-state index in [0.29, 0.717) is 11.3 Å². The maximum absolute atomic E-state index is 12.9. The molecule has 126 valence electrons. The van der Waals surface area contributed by atoms with E-state index in [0.717, 1.165) is 31.6 Å². The van der Waals surface area contributed by atoms with Crippen LogP contribution in [0.4, 0.5) is 0 Å². The molecule has 1 heterocycles. The number of benzene rings is 2. The van der Waals surface area contributed by atoms with Crippen LogP contribution in [0.15, 0.2) is 54.6 Å². The predicted octanol–water partition coefficient (Wildman–Crippen LogP) is 3.82. The highest BCUT2D eigenvalue weighted by molar-refractivity contribution is 5.95. The molecule has 1 amide bonds. The summed E-state index contributed by atoms with van der Waals surface area (Å²) < 4.78 is 5.84. The van der Waals surface area contributed by atoms with Crippen molar-refractivity contribution in [3.05, 3.63) is 60.2 Å². The first-order valence-electron chi connectivity index (χ1n) is 8.54. The average Bonchev–Trinajstić information content (AvgIpc) is 2.62. The smallest absolute Gasteiger partial charge is 0.254 e. The lowest BCUT2D eigenvalue weighted by atomic mass is 9.96. The van der Waals surface area contributed by atoms with E-state index in [4.69, 9.17) is 10.5 Å². The summed E-state index contributed by atoms with van der Waals surface area (Å²) in [5.74, 6) is 1.46. The molecule has 2 aromatic carbocycles. The predicted molar refractivity (Wildman–Crippen MR) is 95.3 cm³/mol. The molecule has 1 aliphatic rings. The van der Waals surface area contributed by atoms with Crippen molar-refractivity contribution < 1.29 is 9.53 Å². The highest BCUT2D eigenvalue weighted by atomic mass is 16.5. The number of piperidine rings is 1. The van der Waals surface area contributed by atoms with Gasteiger partial charge in [-0.15, -0.1) is 0 Å². The lowest BCUT2D eigenvalue weighted by molar-refractivity contribution is 0.0583. The van der Waals surface area contributed by atoms with Crippen molar-refractivity contribution in [2.75, 3.05) is 6.54 Å². The van der Waals surface area contributed by atoms with Crippen LogP contribution < -0.4 is 10.5 Å². The molecule has 2 atom stereocenters. The standard InChI is InChI=1S/C20H24N2O2/c1-15(21)19-12-5-6-13-22(19)20(23)16-8-7-11-18(14-16)24-17-9-3-2-4-10-17/h2-4,7-11,14-15,19H,5-6,12-13,21H2,1H3. The number of ether oxygens (including phenoxy) is 1.